The number of alkyl halides is 3. The highest BCUT2D eigenvalue weighted by molar-refractivity contribution is 7.17. The van der Waals surface area contributed by atoms with Crippen molar-refractivity contribution in [3.05, 3.63) is 74.7 Å². The van der Waals surface area contributed by atoms with E-state index in [4.69, 9.17) is 14.0 Å². The van der Waals surface area contributed by atoms with Gasteiger partial charge >= 0.3 is 6.18 Å². The van der Waals surface area contributed by atoms with Crippen LogP contribution in [0.3, 0.4) is 0 Å². The number of nitrogens with zero attached hydrogens (tertiary/aromatic N) is 6. The number of halogens is 3. The van der Waals surface area contributed by atoms with Gasteiger partial charge in [0.1, 0.15) is 17.9 Å². The first-order valence-electron chi connectivity index (χ1n) is 12.8. The van der Waals surface area contributed by atoms with Crippen LogP contribution >= 0.6 is 11.3 Å². The minimum Gasteiger partial charge on any atom is -0.497 e. The van der Waals surface area contributed by atoms with E-state index in [9.17, 15) is 22.8 Å². The van der Waals surface area contributed by atoms with Crippen molar-refractivity contribution in [2.75, 3.05) is 37.0 Å². The number of aldehydes is 1. The summed E-state index contributed by atoms with van der Waals surface area (Å²) in [6.07, 6.45) is -1.63. The summed E-state index contributed by atoms with van der Waals surface area (Å²) >= 11 is 1.31. The van der Waals surface area contributed by atoms with Gasteiger partial charge in [-0.2, -0.15) is 23.3 Å². The number of carbonyl (C=O) groups excluding carboxylic acids is 1. The van der Waals surface area contributed by atoms with Gasteiger partial charge < -0.3 is 24.2 Å². The summed E-state index contributed by atoms with van der Waals surface area (Å²) in [4.78, 5) is 34.7. The summed E-state index contributed by atoms with van der Waals surface area (Å²) in [5, 5.41) is 11.4. The fraction of sp³-hybridized carbons (Fsp3) is 0.385. The molecule has 42 heavy (non-hydrogen) atoms. The van der Waals surface area contributed by atoms with E-state index >= 15 is 0 Å². The first-order valence-corrected chi connectivity index (χ1v) is 13.6. The van der Waals surface area contributed by atoms with Gasteiger partial charge in [0.25, 0.3) is 11.4 Å². The van der Waals surface area contributed by atoms with E-state index in [1.807, 2.05) is 4.90 Å². The minimum absolute atomic E-state index is 0.00966. The maximum Gasteiger partial charge on any atom is 0.423 e. The molecule has 0 saturated carbocycles. The largest absolute Gasteiger partial charge is 0.497 e. The van der Waals surface area contributed by atoms with Crippen LogP contribution in [0.15, 0.2) is 46.0 Å². The van der Waals surface area contributed by atoms with Gasteiger partial charge in [-0.05, 0) is 24.6 Å². The van der Waals surface area contributed by atoms with E-state index in [-0.39, 0.29) is 31.6 Å². The smallest absolute Gasteiger partial charge is 0.423 e. The molecule has 222 valence electrons. The number of rotatable bonds is 12. The zero-order chi connectivity index (χ0) is 29.9. The predicted molar refractivity (Wildman–Crippen MR) is 145 cm³/mol. The Kier molecular flexibility index (Phi) is 8.54. The number of hydrogen-bond acceptors (Lipinski definition) is 12. The lowest BCUT2D eigenvalue weighted by Crippen LogP contribution is -2.45. The van der Waals surface area contributed by atoms with Crippen LogP contribution < -0.4 is 20.5 Å². The number of aromatic nitrogens is 5. The zero-order valence-corrected chi connectivity index (χ0v) is 23.3. The third kappa shape index (κ3) is 6.60. The van der Waals surface area contributed by atoms with Crippen LogP contribution in [0.4, 0.5) is 24.0 Å². The van der Waals surface area contributed by atoms with Crippen molar-refractivity contribution in [2.24, 2.45) is 0 Å². The molecule has 16 heteroatoms. The average molecular weight is 606 g/mol. The molecule has 1 N–H and O–H groups in total. The maximum atomic E-state index is 13.9. The molecule has 12 nitrogen and oxygen atoms in total. The Labute approximate surface area is 241 Å². The van der Waals surface area contributed by atoms with Gasteiger partial charge in [-0.15, -0.1) is 0 Å². The normalized spacial score (nSPS) is 14.5. The lowest BCUT2D eigenvalue weighted by molar-refractivity contribution is -0.138. The molecule has 1 aliphatic rings. The van der Waals surface area contributed by atoms with Gasteiger partial charge in [-0.1, -0.05) is 28.6 Å². The number of carbonyl (C=O) groups is 1. The molecule has 0 radical (unpaired) electrons. The number of hydrogen-bond donors (Lipinski definition) is 1. The molecular formula is C26H26F3N7O5S. The Morgan fingerprint density at radius 2 is 2.00 bits per heavy atom. The third-order valence-corrected chi connectivity index (χ3v) is 7.43. The molecule has 1 aromatic carbocycles. The highest BCUT2D eigenvalue weighted by Gasteiger charge is 2.38. The lowest BCUT2D eigenvalue weighted by atomic mass is 10.0. The second kappa shape index (κ2) is 12.3. The molecule has 1 fully saturated rings. The fourth-order valence-electron chi connectivity index (χ4n) is 4.29. The van der Waals surface area contributed by atoms with Gasteiger partial charge in [-0.25, -0.2) is 9.67 Å². The molecule has 3 aromatic heterocycles. The fourth-order valence-corrected chi connectivity index (χ4v) is 5.03. The molecule has 0 bridgehead atoms. The van der Waals surface area contributed by atoms with Crippen LogP contribution in [0.1, 0.15) is 45.4 Å². The monoisotopic (exact) mass is 605 g/mol. The average Bonchev–Trinajstić information content (AvgIpc) is 3.59. The second-order valence-corrected chi connectivity index (χ2v) is 10.7. The van der Waals surface area contributed by atoms with Crippen LogP contribution in [0.5, 0.6) is 5.75 Å². The van der Waals surface area contributed by atoms with E-state index in [2.05, 4.69) is 25.5 Å². The molecular weight excluding hydrogens is 579 g/mol. The SMILES string of the molecule is COc1ccc(Cn2ncc(NC(C)COCc3nc(C4CN(c5ncc(C=O)s5)C4)no3)c(C(F)(F)F)c2=O)cc1. The highest BCUT2D eigenvalue weighted by Crippen LogP contribution is 2.33. The Balaban J connectivity index is 1.15. The Bertz CT molecular complexity index is 1580. The van der Waals surface area contributed by atoms with Gasteiger partial charge in [0.2, 0.25) is 0 Å². The quantitative estimate of drug-likeness (QED) is 0.237. The predicted octanol–water partition coefficient (Wildman–Crippen LogP) is 3.59. The van der Waals surface area contributed by atoms with Crippen molar-refractivity contribution in [1.29, 1.82) is 0 Å². The first kappa shape index (κ1) is 29.2. The maximum absolute atomic E-state index is 13.9. The molecule has 1 atom stereocenters. The summed E-state index contributed by atoms with van der Waals surface area (Å²) in [5.41, 5.74) is -2.45. The van der Waals surface area contributed by atoms with Gasteiger partial charge in [0.15, 0.2) is 17.2 Å². The van der Waals surface area contributed by atoms with Crippen LogP contribution in [0, 0.1) is 0 Å². The van der Waals surface area contributed by atoms with Gasteiger partial charge in [0.05, 0.1) is 49.1 Å². The van der Waals surface area contributed by atoms with Crippen LogP contribution in [-0.4, -0.2) is 64.0 Å². The van der Waals surface area contributed by atoms with Crippen LogP contribution in [-0.2, 0) is 24.1 Å². The third-order valence-electron chi connectivity index (χ3n) is 6.44. The Morgan fingerprint density at radius 1 is 1.24 bits per heavy atom. The Morgan fingerprint density at radius 3 is 2.67 bits per heavy atom. The standard InChI is InChI=1S/C26H26F3N7O5S/c1-15(13-40-14-21-33-23(34-41-21)17-10-35(11-17)25-30-7-19(12-37)42-25)32-20-8-31-36(24(38)22(20)26(27,28)29)9-16-3-5-18(39-2)6-4-16/h3-8,12,15,17,32H,9-11,13-14H2,1-2H3. The first-order chi connectivity index (χ1) is 20.1. The number of ether oxygens (including phenoxy) is 2. The molecule has 0 spiro atoms. The summed E-state index contributed by atoms with van der Waals surface area (Å²) in [7, 11) is 1.50. The summed E-state index contributed by atoms with van der Waals surface area (Å²) < 4.78 is 58.4. The molecule has 1 unspecified atom stereocenters. The van der Waals surface area contributed by atoms with Gasteiger partial charge in [0, 0.05) is 19.1 Å². The number of methoxy groups -OCH3 is 1. The molecule has 4 aromatic rings. The zero-order valence-electron chi connectivity index (χ0n) is 22.5. The minimum atomic E-state index is -4.90. The van der Waals surface area contributed by atoms with Crippen LogP contribution in [0.25, 0.3) is 0 Å². The van der Waals surface area contributed by atoms with Gasteiger partial charge in [-0.3, -0.25) is 9.59 Å². The lowest BCUT2D eigenvalue weighted by Gasteiger charge is -2.37. The van der Waals surface area contributed by atoms with E-state index in [1.165, 1.54) is 24.6 Å². The summed E-state index contributed by atoms with van der Waals surface area (Å²) in [6, 6.07) is 5.98. The topological polar surface area (TPSA) is 138 Å². The van der Waals surface area contributed by atoms with Crippen molar-refractivity contribution >= 4 is 28.4 Å². The summed E-state index contributed by atoms with van der Waals surface area (Å²) in [5.74, 6) is 1.36. The van der Waals surface area contributed by atoms with Crippen molar-refractivity contribution in [3.8, 4) is 5.75 Å². The van der Waals surface area contributed by atoms with Crippen molar-refractivity contribution in [1.82, 2.24) is 24.9 Å². The van der Waals surface area contributed by atoms with E-state index in [1.54, 1.807) is 31.2 Å². The number of benzene rings is 1. The molecule has 1 saturated heterocycles. The van der Waals surface area contributed by atoms with Crippen molar-refractivity contribution in [3.63, 3.8) is 0 Å². The van der Waals surface area contributed by atoms with E-state index in [0.717, 1.165) is 22.3 Å². The Hall–Kier alpha value is -4.31. The number of nitrogens with one attached hydrogen (secondary N) is 1. The molecule has 0 amide bonds. The second-order valence-electron chi connectivity index (χ2n) is 9.61. The number of anilines is 2. The van der Waals surface area contributed by atoms with Crippen LogP contribution in [0.2, 0.25) is 0 Å². The van der Waals surface area contributed by atoms with E-state index < -0.39 is 29.0 Å². The molecule has 4 heterocycles. The van der Waals surface area contributed by atoms with Crippen molar-refractivity contribution < 1.29 is 32.0 Å². The summed E-state index contributed by atoms with van der Waals surface area (Å²) in [6.45, 7) is 2.67. The number of thiazole rings is 1. The molecule has 5 rings (SSSR count). The van der Waals surface area contributed by atoms with Crippen molar-refractivity contribution in [2.45, 2.75) is 38.2 Å². The molecule has 0 aliphatic carbocycles. The molecule has 1 aliphatic heterocycles. The van der Waals surface area contributed by atoms with E-state index in [0.29, 0.717) is 35.1 Å². The highest BCUT2D eigenvalue weighted by atomic mass is 32.1.